The van der Waals surface area contributed by atoms with Gasteiger partial charge in [0.15, 0.2) is 0 Å². The van der Waals surface area contributed by atoms with E-state index in [2.05, 4.69) is 69.2 Å². The molecule has 30 heavy (non-hydrogen) atoms. The minimum absolute atomic E-state index is 0.119. The van der Waals surface area contributed by atoms with Crippen LogP contribution in [0.1, 0.15) is 106 Å². The molecule has 0 heterocycles. The van der Waals surface area contributed by atoms with Crippen LogP contribution >= 0.6 is 0 Å². The molecule has 1 aromatic carbocycles. The van der Waals surface area contributed by atoms with Gasteiger partial charge in [0.1, 0.15) is 5.75 Å². The molecule has 1 aromatic rings. The molecular formula is C27H44O3. The highest BCUT2D eigenvalue weighted by Gasteiger charge is 2.35. The van der Waals surface area contributed by atoms with Crippen molar-refractivity contribution in [3.8, 4) is 5.75 Å². The summed E-state index contributed by atoms with van der Waals surface area (Å²) >= 11 is 0. The molecule has 0 aliphatic heterocycles. The van der Waals surface area contributed by atoms with Crippen LogP contribution in [0, 0.1) is 10.8 Å². The van der Waals surface area contributed by atoms with Crippen LogP contribution in [0.2, 0.25) is 0 Å². The molecule has 0 fully saturated rings. The Balaban J connectivity index is 3.64. The number of carbonyl (C=O) groups is 1. The second kappa shape index (κ2) is 9.16. The van der Waals surface area contributed by atoms with E-state index in [0.717, 1.165) is 29.5 Å². The summed E-state index contributed by atoms with van der Waals surface area (Å²) in [6.07, 6.45) is 5.12. The van der Waals surface area contributed by atoms with Gasteiger partial charge in [0, 0.05) is 17.2 Å². The maximum absolute atomic E-state index is 11.9. The van der Waals surface area contributed by atoms with E-state index in [0.29, 0.717) is 12.4 Å². The quantitative estimate of drug-likeness (QED) is 0.372. The van der Waals surface area contributed by atoms with Gasteiger partial charge in [0.25, 0.3) is 0 Å². The first-order chi connectivity index (χ1) is 13.4. The summed E-state index contributed by atoms with van der Waals surface area (Å²) in [4.78, 5) is 11.9. The van der Waals surface area contributed by atoms with Crippen molar-refractivity contribution in [3.63, 3.8) is 0 Å². The van der Waals surface area contributed by atoms with Gasteiger partial charge in [-0.1, -0.05) is 69.2 Å². The summed E-state index contributed by atoms with van der Waals surface area (Å²) in [6, 6.07) is 4.04. The third-order valence-corrected chi connectivity index (χ3v) is 5.23. The lowest BCUT2D eigenvalue weighted by atomic mass is 9.68. The number of esters is 1. The zero-order valence-corrected chi connectivity index (χ0v) is 21.2. The van der Waals surface area contributed by atoms with Crippen LogP contribution < -0.4 is 0 Å². The molecule has 3 heteroatoms. The number of carbonyl (C=O) groups excluding carboxylic acids is 1. The van der Waals surface area contributed by atoms with Crippen molar-refractivity contribution in [2.24, 2.45) is 10.8 Å². The molecular weight excluding hydrogens is 372 g/mol. The number of hydrogen-bond acceptors (Lipinski definition) is 3. The van der Waals surface area contributed by atoms with E-state index in [9.17, 15) is 9.90 Å². The molecule has 0 unspecified atom stereocenters. The summed E-state index contributed by atoms with van der Waals surface area (Å²) in [6.45, 7) is 24.2. The summed E-state index contributed by atoms with van der Waals surface area (Å²) in [5, 5.41) is 11.4. The van der Waals surface area contributed by atoms with Crippen LogP contribution in [0.5, 0.6) is 5.75 Å². The Morgan fingerprint density at radius 2 is 1.27 bits per heavy atom. The SMILES string of the molecule is CCOC(=O)C=Cc1cc(C(C)(C)CC(C)(C)C)c(O)c(C(C)(C)CC(C)(C)C)c1. The number of hydrogen-bond donors (Lipinski definition) is 1. The van der Waals surface area contributed by atoms with E-state index in [-0.39, 0.29) is 27.6 Å². The Labute approximate surface area is 184 Å². The van der Waals surface area contributed by atoms with Crippen LogP contribution in [0.4, 0.5) is 0 Å². The molecule has 0 aliphatic rings. The van der Waals surface area contributed by atoms with Gasteiger partial charge >= 0.3 is 5.97 Å². The van der Waals surface area contributed by atoms with Gasteiger partial charge in [-0.15, -0.1) is 0 Å². The van der Waals surface area contributed by atoms with Gasteiger partial charge in [-0.25, -0.2) is 4.79 Å². The normalized spacial score (nSPS) is 13.7. The van der Waals surface area contributed by atoms with E-state index in [4.69, 9.17) is 4.74 Å². The topological polar surface area (TPSA) is 46.5 Å². The number of phenols is 1. The highest BCUT2D eigenvalue weighted by molar-refractivity contribution is 5.87. The third-order valence-electron chi connectivity index (χ3n) is 5.23. The minimum Gasteiger partial charge on any atom is -0.507 e. The minimum atomic E-state index is -0.350. The van der Waals surface area contributed by atoms with Crippen LogP contribution in [0.3, 0.4) is 0 Å². The van der Waals surface area contributed by atoms with Gasteiger partial charge in [0.2, 0.25) is 0 Å². The summed E-state index contributed by atoms with van der Waals surface area (Å²) in [5.74, 6) is 0.0309. The standard InChI is InChI=1S/C27H44O3/c1-12-30-22(28)14-13-19-15-20(26(8,9)17-24(2,3)4)23(29)21(16-19)27(10,11)18-25(5,6)7/h13-16,29H,12,17-18H2,1-11H3. The lowest BCUT2D eigenvalue weighted by Gasteiger charge is -2.37. The van der Waals surface area contributed by atoms with Gasteiger partial charge < -0.3 is 9.84 Å². The van der Waals surface area contributed by atoms with E-state index in [1.165, 1.54) is 6.08 Å². The van der Waals surface area contributed by atoms with Gasteiger partial charge in [-0.05, 0) is 65.2 Å². The Bertz CT molecular complexity index is 719. The first-order valence-electron chi connectivity index (χ1n) is 11.1. The molecule has 1 N–H and O–H groups in total. The number of benzene rings is 1. The summed E-state index contributed by atoms with van der Waals surface area (Å²) in [7, 11) is 0. The maximum atomic E-state index is 11.9. The van der Waals surface area contributed by atoms with Crippen LogP contribution in [-0.2, 0) is 20.4 Å². The predicted octanol–water partition coefficient (Wildman–Crippen LogP) is 7.40. The zero-order chi connectivity index (χ0) is 23.5. The fourth-order valence-electron chi connectivity index (χ4n) is 4.98. The van der Waals surface area contributed by atoms with Crippen molar-refractivity contribution in [3.05, 3.63) is 34.9 Å². The highest BCUT2D eigenvalue weighted by atomic mass is 16.5. The van der Waals surface area contributed by atoms with Crippen molar-refractivity contribution in [2.75, 3.05) is 6.61 Å². The Morgan fingerprint density at radius 3 is 1.60 bits per heavy atom. The molecule has 170 valence electrons. The Kier molecular flexibility index (Phi) is 8.02. The predicted molar refractivity (Wildman–Crippen MR) is 128 cm³/mol. The van der Waals surface area contributed by atoms with Crippen molar-refractivity contribution < 1.29 is 14.6 Å². The second-order valence-electron chi connectivity index (χ2n) is 12.3. The van der Waals surface area contributed by atoms with Crippen LogP contribution in [0.25, 0.3) is 6.08 Å². The molecule has 0 saturated heterocycles. The van der Waals surface area contributed by atoms with E-state index < -0.39 is 0 Å². The number of ether oxygens (including phenoxy) is 1. The third kappa shape index (κ3) is 7.81. The number of rotatable bonds is 7. The summed E-state index contributed by atoms with van der Waals surface area (Å²) in [5.41, 5.74) is 2.57. The van der Waals surface area contributed by atoms with Gasteiger partial charge in [-0.3, -0.25) is 0 Å². The zero-order valence-electron chi connectivity index (χ0n) is 21.2. The van der Waals surface area contributed by atoms with E-state index >= 15 is 0 Å². The number of phenolic OH excluding ortho intramolecular Hbond substituents is 1. The number of aromatic hydroxyl groups is 1. The molecule has 0 atom stereocenters. The van der Waals surface area contributed by atoms with Crippen LogP contribution in [-0.4, -0.2) is 17.7 Å². The van der Waals surface area contributed by atoms with Crippen molar-refractivity contribution in [1.82, 2.24) is 0 Å². The monoisotopic (exact) mass is 416 g/mol. The fraction of sp³-hybridized carbons (Fsp3) is 0.667. The smallest absolute Gasteiger partial charge is 0.330 e. The highest BCUT2D eigenvalue weighted by Crippen LogP contribution is 2.47. The largest absolute Gasteiger partial charge is 0.507 e. The average Bonchev–Trinajstić information content (AvgIpc) is 2.49. The first-order valence-corrected chi connectivity index (χ1v) is 11.1. The Hall–Kier alpha value is -1.77. The van der Waals surface area contributed by atoms with Gasteiger partial charge in [0.05, 0.1) is 6.61 Å². The molecule has 0 saturated carbocycles. The van der Waals surface area contributed by atoms with Gasteiger partial charge in [-0.2, -0.15) is 0 Å². The van der Waals surface area contributed by atoms with Crippen molar-refractivity contribution in [1.29, 1.82) is 0 Å². The molecule has 0 radical (unpaired) electrons. The fourth-order valence-corrected chi connectivity index (χ4v) is 4.98. The maximum Gasteiger partial charge on any atom is 0.330 e. The molecule has 1 rings (SSSR count). The van der Waals surface area contributed by atoms with Crippen molar-refractivity contribution in [2.45, 2.75) is 99.8 Å². The summed E-state index contributed by atoms with van der Waals surface area (Å²) < 4.78 is 5.04. The van der Waals surface area contributed by atoms with E-state index in [1.807, 2.05) is 12.1 Å². The molecule has 3 nitrogen and oxygen atoms in total. The lowest BCUT2D eigenvalue weighted by molar-refractivity contribution is -0.137. The molecule has 0 aromatic heterocycles. The molecule has 0 bridgehead atoms. The van der Waals surface area contributed by atoms with Crippen LogP contribution in [0.15, 0.2) is 18.2 Å². The molecule has 0 amide bonds. The first kappa shape index (κ1) is 26.3. The molecule has 0 spiro atoms. The second-order valence-corrected chi connectivity index (χ2v) is 12.3. The van der Waals surface area contributed by atoms with E-state index in [1.54, 1.807) is 13.0 Å². The lowest BCUT2D eigenvalue weighted by Crippen LogP contribution is -2.28. The van der Waals surface area contributed by atoms with Crippen molar-refractivity contribution >= 4 is 12.0 Å². The Morgan fingerprint density at radius 1 is 0.867 bits per heavy atom. The molecule has 0 aliphatic carbocycles. The average molecular weight is 417 g/mol.